The number of aromatic nitrogens is 1. The van der Waals surface area contributed by atoms with Gasteiger partial charge in [0.15, 0.2) is 0 Å². The van der Waals surface area contributed by atoms with Crippen LogP contribution in [0.4, 0.5) is 36.1 Å². The minimum Gasteiger partial charge on any atom is -0.378 e. The molecule has 6 rings (SSSR count). The van der Waals surface area contributed by atoms with Crippen LogP contribution in [0.5, 0.6) is 0 Å². The Morgan fingerprint density at radius 1 is 1.08 bits per heavy atom. The zero-order chi connectivity index (χ0) is 26.3. The van der Waals surface area contributed by atoms with Crippen molar-refractivity contribution in [3.63, 3.8) is 0 Å². The second-order valence-electron chi connectivity index (χ2n) is 10.9. The number of fused-ring (bicyclic) bond motifs is 2. The summed E-state index contributed by atoms with van der Waals surface area (Å²) in [6.45, 7) is 3.31. The molecule has 1 aromatic heterocycles. The Labute approximate surface area is 220 Å². The molecule has 0 radical (unpaired) electrons. The Kier molecular flexibility index (Phi) is 6.94. The van der Waals surface area contributed by atoms with Crippen molar-refractivity contribution in [2.45, 2.75) is 63.3 Å². The number of halogens is 3. The lowest BCUT2D eigenvalue weighted by atomic mass is 9.84. The number of alkyl halides is 3. The van der Waals surface area contributed by atoms with Crippen LogP contribution in [0.2, 0.25) is 0 Å². The predicted molar refractivity (Wildman–Crippen MR) is 140 cm³/mol. The smallest absolute Gasteiger partial charge is 0.378 e. The van der Waals surface area contributed by atoms with Crippen molar-refractivity contribution in [1.82, 2.24) is 10.3 Å². The number of hydrogen-bond donors (Lipinski definition) is 2. The largest absolute Gasteiger partial charge is 0.404 e. The Morgan fingerprint density at radius 2 is 1.84 bits per heavy atom. The van der Waals surface area contributed by atoms with Crippen molar-refractivity contribution in [2.75, 3.05) is 41.4 Å². The van der Waals surface area contributed by atoms with E-state index < -0.39 is 12.2 Å². The first-order chi connectivity index (χ1) is 18.4. The summed E-state index contributed by atoms with van der Waals surface area (Å²) in [7, 11) is 0. The topological polar surface area (TPSA) is 69.7 Å². The zero-order valence-electron chi connectivity index (χ0n) is 21.3. The Balaban J connectivity index is 1.21. The minimum absolute atomic E-state index is 0.0249. The number of carbonyl (C=O) groups is 1. The van der Waals surface area contributed by atoms with Gasteiger partial charge in [-0.25, -0.2) is 4.98 Å². The molecule has 1 aromatic carbocycles. The van der Waals surface area contributed by atoms with E-state index in [9.17, 15) is 18.0 Å². The highest BCUT2D eigenvalue weighted by Gasteiger charge is 2.49. The molecule has 2 aromatic rings. The first kappa shape index (κ1) is 25.4. The van der Waals surface area contributed by atoms with Crippen molar-refractivity contribution in [1.29, 1.82) is 0 Å². The van der Waals surface area contributed by atoms with Gasteiger partial charge in [0.05, 0.1) is 31.1 Å². The fourth-order valence-corrected chi connectivity index (χ4v) is 6.03. The van der Waals surface area contributed by atoms with Gasteiger partial charge in [0.1, 0.15) is 11.9 Å². The molecule has 1 amide bonds. The van der Waals surface area contributed by atoms with E-state index in [2.05, 4.69) is 32.7 Å². The molecule has 2 saturated carbocycles. The Morgan fingerprint density at radius 3 is 2.55 bits per heavy atom. The third kappa shape index (κ3) is 5.33. The van der Waals surface area contributed by atoms with Crippen LogP contribution < -0.4 is 20.4 Å². The van der Waals surface area contributed by atoms with Gasteiger partial charge in [0.25, 0.3) is 0 Å². The normalized spacial score (nSPS) is 24.6. The highest BCUT2D eigenvalue weighted by atomic mass is 19.4. The van der Waals surface area contributed by atoms with Crippen LogP contribution in [0.1, 0.15) is 44.1 Å². The molecule has 4 aliphatic rings. The number of nitrogens with zero attached hydrogens (tertiary/aromatic N) is 3. The molecule has 2 aliphatic heterocycles. The molecular formula is C28H34F3N5O2. The van der Waals surface area contributed by atoms with Gasteiger partial charge in [-0.2, -0.15) is 13.2 Å². The SMILES string of the molecule is O=C([C@H]1CC[C@@H](NC(C2CC2)C(F)(F)F)CC1)N1Cc2cccnc2Nc2ccc(N3CCOCC3)cc21. The van der Waals surface area contributed by atoms with Crippen LogP contribution in [0.15, 0.2) is 36.5 Å². The quantitative estimate of drug-likeness (QED) is 0.569. The van der Waals surface area contributed by atoms with Gasteiger partial charge >= 0.3 is 6.18 Å². The summed E-state index contributed by atoms with van der Waals surface area (Å²) in [4.78, 5) is 22.6. The Hall–Kier alpha value is -2.85. The van der Waals surface area contributed by atoms with E-state index >= 15 is 0 Å². The van der Waals surface area contributed by atoms with E-state index in [4.69, 9.17) is 4.74 Å². The van der Waals surface area contributed by atoms with Crippen molar-refractivity contribution in [3.05, 3.63) is 42.1 Å². The third-order valence-corrected chi connectivity index (χ3v) is 8.32. The Bertz CT molecular complexity index is 1160. The van der Waals surface area contributed by atoms with Gasteiger partial charge in [-0.05, 0) is 68.7 Å². The number of rotatable bonds is 5. The van der Waals surface area contributed by atoms with Crippen molar-refractivity contribution >= 4 is 28.8 Å². The lowest BCUT2D eigenvalue weighted by Gasteiger charge is -2.35. The molecular weight excluding hydrogens is 495 g/mol. The van der Waals surface area contributed by atoms with Crippen LogP contribution >= 0.6 is 0 Å². The zero-order valence-corrected chi connectivity index (χ0v) is 21.3. The monoisotopic (exact) mass is 529 g/mol. The van der Waals surface area contributed by atoms with Crippen LogP contribution in [0.3, 0.4) is 0 Å². The summed E-state index contributed by atoms with van der Waals surface area (Å²) in [5.41, 5.74) is 3.60. The number of anilines is 4. The summed E-state index contributed by atoms with van der Waals surface area (Å²) < 4.78 is 46.1. The fraction of sp³-hybridized carbons (Fsp3) is 0.571. The highest BCUT2D eigenvalue weighted by Crippen LogP contribution is 2.42. The number of morpholine rings is 1. The molecule has 2 aliphatic carbocycles. The summed E-state index contributed by atoms with van der Waals surface area (Å²) in [5.74, 6) is 0.229. The van der Waals surface area contributed by atoms with E-state index in [-0.39, 0.29) is 23.8 Å². The van der Waals surface area contributed by atoms with E-state index in [0.29, 0.717) is 58.3 Å². The third-order valence-electron chi connectivity index (χ3n) is 8.32. The maximum atomic E-state index is 14.0. The first-order valence-corrected chi connectivity index (χ1v) is 13.7. The minimum atomic E-state index is -4.23. The maximum absolute atomic E-state index is 14.0. The van der Waals surface area contributed by atoms with Gasteiger partial charge in [-0.15, -0.1) is 0 Å². The molecule has 38 heavy (non-hydrogen) atoms. The number of ether oxygens (including phenoxy) is 1. The first-order valence-electron chi connectivity index (χ1n) is 13.7. The molecule has 0 spiro atoms. The van der Waals surface area contributed by atoms with Gasteiger partial charge in [-0.1, -0.05) is 6.07 Å². The average Bonchev–Trinajstić information content (AvgIpc) is 3.77. The number of benzene rings is 1. The van der Waals surface area contributed by atoms with E-state index in [1.807, 2.05) is 23.1 Å². The number of nitrogens with one attached hydrogen (secondary N) is 2. The van der Waals surface area contributed by atoms with Crippen LogP contribution in [-0.4, -0.2) is 55.5 Å². The summed E-state index contributed by atoms with van der Waals surface area (Å²) in [5, 5.41) is 6.31. The van der Waals surface area contributed by atoms with Crippen molar-refractivity contribution in [3.8, 4) is 0 Å². The van der Waals surface area contributed by atoms with Gasteiger partial charge in [-0.3, -0.25) is 4.79 Å². The number of amides is 1. The maximum Gasteiger partial charge on any atom is 0.404 e. The molecule has 3 fully saturated rings. The number of hydrogen-bond acceptors (Lipinski definition) is 6. The van der Waals surface area contributed by atoms with Crippen LogP contribution in [0, 0.1) is 11.8 Å². The van der Waals surface area contributed by atoms with Crippen LogP contribution in [0.25, 0.3) is 0 Å². The lowest BCUT2D eigenvalue weighted by Crippen LogP contribution is -2.50. The molecule has 7 nitrogen and oxygen atoms in total. The standard InChI is InChI=1S/C28H34F3N5O2/c29-28(30,31)25(18-3-4-18)33-21-7-5-19(6-8-21)27(37)36-17-20-2-1-11-32-26(20)34-23-10-9-22(16-24(23)36)35-12-14-38-15-13-35/h1-2,9-11,16,18-19,21,25,33H,3-8,12-15,17H2,(H,32,34)/t19-,21+,25?. The fourth-order valence-electron chi connectivity index (χ4n) is 6.03. The van der Waals surface area contributed by atoms with Gasteiger partial charge in [0, 0.05) is 42.5 Å². The van der Waals surface area contributed by atoms with E-state index in [1.54, 1.807) is 6.20 Å². The molecule has 2 N–H and O–H groups in total. The number of carbonyl (C=O) groups excluding carboxylic acids is 1. The summed E-state index contributed by atoms with van der Waals surface area (Å²) in [6.07, 6.45) is 1.07. The lowest BCUT2D eigenvalue weighted by molar-refractivity contribution is -0.163. The highest BCUT2D eigenvalue weighted by molar-refractivity contribution is 6.00. The van der Waals surface area contributed by atoms with Gasteiger partial charge in [0.2, 0.25) is 5.91 Å². The molecule has 1 atom stereocenters. The molecule has 1 unspecified atom stereocenters. The van der Waals surface area contributed by atoms with Crippen molar-refractivity contribution in [2.24, 2.45) is 11.8 Å². The average molecular weight is 530 g/mol. The molecule has 3 heterocycles. The molecule has 10 heteroatoms. The second-order valence-corrected chi connectivity index (χ2v) is 10.9. The molecule has 204 valence electrons. The summed E-state index contributed by atoms with van der Waals surface area (Å²) in [6, 6.07) is 8.33. The molecule has 0 bridgehead atoms. The van der Waals surface area contributed by atoms with Crippen molar-refractivity contribution < 1.29 is 22.7 Å². The van der Waals surface area contributed by atoms with E-state index in [0.717, 1.165) is 41.5 Å². The van der Waals surface area contributed by atoms with Crippen LogP contribution in [-0.2, 0) is 16.1 Å². The van der Waals surface area contributed by atoms with E-state index in [1.165, 1.54) is 0 Å². The second kappa shape index (κ2) is 10.4. The number of pyridine rings is 1. The predicted octanol–water partition coefficient (Wildman–Crippen LogP) is 5.00. The van der Waals surface area contributed by atoms with Gasteiger partial charge < -0.3 is 25.2 Å². The molecule has 1 saturated heterocycles. The summed E-state index contributed by atoms with van der Waals surface area (Å²) >= 11 is 0.